The second-order valence-electron chi connectivity index (χ2n) is 13.9. The SMILES string of the molecule is CCCCC/C=C\C/C=C\C/C=C\C/C=C\CCCCO[C@H](COC(=O)CCCCCCCCCCCCCCCCC)COP(=O)(O)NCCO. The zero-order valence-electron chi connectivity index (χ0n) is 33.5. The molecule has 9 heteroatoms. The van der Waals surface area contributed by atoms with E-state index in [1.165, 1.54) is 103 Å². The maximum absolute atomic E-state index is 12.4. The standard InChI is InChI=1S/C43H80NO7P/c1-3-5-7-9-11-13-15-17-19-20-21-23-25-27-29-31-33-35-39-49-42(41-51-52(47,48)44-37-38-45)40-50-43(46)36-34-32-30-28-26-24-22-18-16-14-12-10-8-6-4-2/h11,13,17,19,21,23,27,29,42,45H,3-10,12,14-16,18,20,22,24-26,28,30-41H2,1-2H3,(H2,44,47,48)/b13-11-,19-17-,23-21-,29-27-/t42-/m1/s1. The molecule has 0 heterocycles. The van der Waals surface area contributed by atoms with Crippen LogP contribution in [-0.4, -0.2) is 55.0 Å². The molecule has 3 N–H and O–H groups in total. The summed E-state index contributed by atoms with van der Waals surface area (Å²) < 4.78 is 28.7. The highest BCUT2D eigenvalue weighted by Crippen LogP contribution is 2.36. The number of carbonyl (C=O) groups excluding carboxylic acids is 1. The van der Waals surface area contributed by atoms with Crippen LogP contribution in [0.25, 0.3) is 0 Å². The predicted molar refractivity (Wildman–Crippen MR) is 220 cm³/mol. The Kier molecular flexibility index (Phi) is 39.4. The molecule has 0 saturated carbocycles. The highest BCUT2D eigenvalue weighted by molar-refractivity contribution is 7.50. The molecular formula is C43H80NO7P. The van der Waals surface area contributed by atoms with E-state index in [0.717, 1.165) is 57.8 Å². The molecule has 0 aromatic rings. The Hall–Kier alpha value is -1.54. The third kappa shape index (κ3) is 39.7. The maximum Gasteiger partial charge on any atom is 0.403 e. The highest BCUT2D eigenvalue weighted by Gasteiger charge is 2.22. The van der Waals surface area contributed by atoms with Crippen LogP contribution in [0, 0.1) is 0 Å². The lowest BCUT2D eigenvalue weighted by molar-refractivity contribution is -0.149. The normalized spacial score (nSPS) is 14.0. The number of rotatable bonds is 40. The van der Waals surface area contributed by atoms with Crippen molar-refractivity contribution in [2.24, 2.45) is 0 Å². The smallest absolute Gasteiger partial charge is 0.403 e. The third-order valence-electron chi connectivity index (χ3n) is 8.85. The fourth-order valence-corrected chi connectivity index (χ4v) is 6.48. The lowest BCUT2D eigenvalue weighted by atomic mass is 10.0. The molecule has 0 saturated heterocycles. The van der Waals surface area contributed by atoms with Gasteiger partial charge in [-0.25, -0.2) is 9.65 Å². The number of allylic oxidation sites excluding steroid dienone is 8. The monoisotopic (exact) mass is 754 g/mol. The van der Waals surface area contributed by atoms with Crippen LogP contribution < -0.4 is 5.09 Å². The number of hydrogen-bond acceptors (Lipinski definition) is 6. The van der Waals surface area contributed by atoms with E-state index in [9.17, 15) is 14.3 Å². The number of aliphatic hydroxyl groups is 1. The van der Waals surface area contributed by atoms with Gasteiger partial charge in [-0.1, -0.05) is 165 Å². The van der Waals surface area contributed by atoms with E-state index in [-0.39, 0.29) is 32.3 Å². The first-order valence-electron chi connectivity index (χ1n) is 21.2. The van der Waals surface area contributed by atoms with Gasteiger partial charge in [0.1, 0.15) is 12.7 Å². The first kappa shape index (κ1) is 50.5. The van der Waals surface area contributed by atoms with Crippen LogP contribution in [0.2, 0.25) is 0 Å². The molecule has 0 aliphatic rings. The molecule has 0 fully saturated rings. The zero-order chi connectivity index (χ0) is 38.1. The minimum atomic E-state index is -4.09. The lowest BCUT2D eigenvalue weighted by Gasteiger charge is -2.20. The Morgan fingerprint density at radius 2 is 1.06 bits per heavy atom. The number of esters is 1. The topological polar surface area (TPSA) is 114 Å². The molecule has 0 bridgehead atoms. The molecule has 0 aromatic carbocycles. The summed E-state index contributed by atoms with van der Waals surface area (Å²) in [7, 11) is -4.09. The summed E-state index contributed by atoms with van der Waals surface area (Å²) in [4.78, 5) is 22.3. The van der Waals surface area contributed by atoms with Crippen LogP contribution in [0.4, 0.5) is 0 Å². The molecule has 8 nitrogen and oxygen atoms in total. The lowest BCUT2D eigenvalue weighted by Crippen LogP contribution is -2.28. The molecule has 2 atom stereocenters. The van der Waals surface area contributed by atoms with Gasteiger partial charge in [0.2, 0.25) is 0 Å². The second kappa shape index (κ2) is 40.6. The Balaban J connectivity index is 4.13. The van der Waals surface area contributed by atoms with Gasteiger partial charge >= 0.3 is 13.7 Å². The number of hydrogen-bond donors (Lipinski definition) is 3. The molecule has 0 amide bonds. The summed E-state index contributed by atoms with van der Waals surface area (Å²) in [6, 6.07) is 0. The molecule has 0 spiro atoms. The Labute approximate surface area is 319 Å². The van der Waals surface area contributed by atoms with Crippen molar-refractivity contribution in [2.45, 2.75) is 187 Å². The van der Waals surface area contributed by atoms with Crippen LogP contribution in [0.3, 0.4) is 0 Å². The number of carbonyl (C=O) groups is 1. The van der Waals surface area contributed by atoms with E-state index in [1.807, 2.05) is 0 Å². The molecular weight excluding hydrogens is 673 g/mol. The number of nitrogens with one attached hydrogen (secondary N) is 1. The van der Waals surface area contributed by atoms with Crippen LogP contribution in [0.15, 0.2) is 48.6 Å². The average Bonchev–Trinajstić information content (AvgIpc) is 3.14. The van der Waals surface area contributed by atoms with Crippen LogP contribution in [0.5, 0.6) is 0 Å². The minimum absolute atomic E-state index is 0.0330. The highest BCUT2D eigenvalue weighted by atomic mass is 31.2. The van der Waals surface area contributed by atoms with Gasteiger partial charge in [-0.15, -0.1) is 0 Å². The molecule has 0 rings (SSSR count). The number of unbranched alkanes of at least 4 members (excludes halogenated alkanes) is 19. The Morgan fingerprint density at radius 1 is 0.615 bits per heavy atom. The van der Waals surface area contributed by atoms with E-state index in [2.05, 4.69) is 67.5 Å². The van der Waals surface area contributed by atoms with Gasteiger partial charge in [0.15, 0.2) is 0 Å². The molecule has 0 aliphatic heterocycles. The fraction of sp³-hybridized carbons (Fsp3) is 0.791. The minimum Gasteiger partial charge on any atom is -0.463 e. The zero-order valence-corrected chi connectivity index (χ0v) is 34.4. The van der Waals surface area contributed by atoms with Gasteiger partial charge < -0.3 is 19.5 Å². The van der Waals surface area contributed by atoms with Crippen molar-refractivity contribution < 1.29 is 33.4 Å². The van der Waals surface area contributed by atoms with E-state index in [4.69, 9.17) is 19.1 Å². The van der Waals surface area contributed by atoms with Gasteiger partial charge in [-0.3, -0.25) is 9.32 Å². The van der Waals surface area contributed by atoms with Gasteiger partial charge in [0.05, 0.1) is 13.2 Å². The summed E-state index contributed by atoms with van der Waals surface area (Å²) in [5, 5.41) is 11.2. The largest absolute Gasteiger partial charge is 0.463 e. The first-order chi connectivity index (χ1) is 25.4. The molecule has 0 aromatic heterocycles. The van der Waals surface area contributed by atoms with Crippen molar-refractivity contribution in [1.82, 2.24) is 5.09 Å². The molecule has 0 radical (unpaired) electrons. The van der Waals surface area contributed by atoms with Crippen LogP contribution >= 0.6 is 7.75 Å². The molecule has 52 heavy (non-hydrogen) atoms. The Morgan fingerprint density at radius 3 is 1.56 bits per heavy atom. The third-order valence-corrected chi connectivity index (χ3v) is 9.97. The fourth-order valence-electron chi connectivity index (χ4n) is 5.64. The average molecular weight is 754 g/mol. The summed E-state index contributed by atoms with van der Waals surface area (Å²) in [5.74, 6) is -0.283. The Bertz CT molecular complexity index is 936. The van der Waals surface area contributed by atoms with Crippen molar-refractivity contribution in [1.29, 1.82) is 0 Å². The van der Waals surface area contributed by atoms with E-state index in [1.54, 1.807) is 0 Å². The first-order valence-corrected chi connectivity index (χ1v) is 22.7. The van der Waals surface area contributed by atoms with Crippen LogP contribution in [-0.2, 0) is 23.4 Å². The van der Waals surface area contributed by atoms with Gasteiger partial charge in [0.25, 0.3) is 0 Å². The van der Waals surface area contributed by atoms with Crippen molar-refractivity contribution in [3.05, 3.63) is 48.6 Å². The van der Waals surface area contributed by atoms with Crippen LogP contribution in [0.1, 0.15) is 181 Å². The van der Waals surface area contributed by atoms with Crippen molar-refractivity contribution in [3.63, 3.8) is 0 Å². The van der Waals surface area contributed by atoms with E-state index >= 15 is 0 Å². The van der Waals surface area contributed by atoms with Gasteiger partial charge in [-0.2, -0.15) is 0 Å². The molecule has 0 aliphatic carbocycles. The maximum atomic E-state index is 12.4. The van der Waals surface area contributed by atoms with Gasteiger partial charge in [0, 0.05) is 19.6 Å². The summed E-state index contributed by atoms with van der Waals surface area (Å²) in [5.41, 5.74) is 0. The summed E-state index contributed by atoms with van der Waals surface area (Å²) in [6.45, 7) is 4.34. The summed E-state index contributed by atoms with van der Waals surface area (Å²) >= 11 is 0. The van der Waals surface area contributed by atoms with E-state index < -0.39 is 13.9 Å². The van der Waals surface area contributed by atoms with Crippen molar-refractivity contribution >= 4 is 13.7 Å². The number of ether oxygens (including phenoxy) is 2. The molecule has 1 unspecified atom stereocenters. The molecule has 304 valence electrons. The summed E-state index contributed by atoms with van der Waals surface area (Å²) in [6.07, 6.45) is 47.1. The van der Waals surface area contributed by atoms with Crippen molar-refractivity contribution in [3.8, 4) is 0 Å². The predicted octanol–water partition coefficient (Wildman–Crippen LogP) is 12.0. The quantitative estimate of drug-likeness (QED) is 0.0245. The second-order valence-corrected chi connectivity index (χ2v) is 15.5. The number of aliphatic hydroxyl groups excluding tert-OH is 1. The van der Waals surface area contributed by atoms with Crippen molar-refractivity contribution in [2.75, 3.05) is 33.0 Å². The van der Waals surface area contributed by atoms with E-state index in [0.29, 0.717) is 13.0 Å². The van der Waals surface area contributed by atoms with Gasteiger partial charge in [-0.05, 0) is 57.8 Å².